The number of hydrogen-bond acceptors (Lipinski definition) is 3. The average molecular weight is 284 g/mol. The summed E-state index contributed by atoms with van der Waals surface area (Å²) in [5.74, 6) is 0. The van der Waals surface area contributed by atoms with E-state index in [2.05, 4.69) is 22.6 Å². The molecule has 0 saturated heterocycles. The van der Waals surface area contributed by atoms with Gasteiger partial charge in [0.05, 0.1) is 9.09 Å². The molecule has 0 saturated carbocycles. The number of thioether (sulfide) groups is 1. The highest BCUT2D eigenvalue weighted by molar-refractivity contribution is 14.1. The maximum absolute atomic E-state index is 10.3. The number of thiophene rings is 1. The zero-order valence-electron chi connectivity index (χ0n) is 5.26. The molecule has 0 spiro atoms. The highest BCUT2D eigenvalue weighted by Gasteiger charge is 2.03. The molecule has 0 aliphatic carbocycles. The summed E-state index contributed by atoms with van der Waals surface area (Å²) in [7, 11) is 0. The Bertz CT molecular complexity index is 244. The average Bonchev–Trinajstić information content (AvgIpc) is 2.30. The third-order valence-corrected chi connectivity index (χ3v) is 4.75. The number of carbonyl (C=O) groups is 1. The number of rotatable bonds is 2. The van der Waals surface area contributed by atoms with Crippen molar-refractivity contribution in [1.29, 1.82) is 0 Å². The monoisotopic (exact) mass is 284 g/mol. The van der Waals surface area contributed by atoms with E-state index in [4.69, 9.17) is 0 Å². The molecule has 0 unspecified atom stereocenters. The minimum absolute atomic E-state index is 0.814. The first-order valence-corrected chi connectivity index (χ1v) is 5.68. The largest absolute Gasteiger partial charge is 0.297 e. The Balaban J connectivity index is 3.03. The topological polar surface area (TPSA) is 17.1 Å². The molecule has 1 aromatic rings. The Morgan fingerprint density at radius 1 is 1.80 bits per heavy atom. The van der Waals surface area contributed by atoms with Crippen molar-refractivity contribution in [3.8, 4) is 0 Å². The molecule has 0 amide bonds. The molecule has 0 radical (unpaired) electrons. The van der Waals surface area contributed by atoms with Gasteiger partial charge in [-0.1, -0.05) is 0 Å². The highest BCUT2D eigenvalue weighted by atomic mass is 127. The second-order valence-electron chi connectivity index (χ2n) is 1.61. The van der Waals surface area contributed by atoms with E-state index in [0.717, 1.165) is 11.2 Å². The van der Waals surface area contributed by atoms with Crippen molar-refractivity contribution in [1.82, 2.24) is 0 Å². The molecule has 0 bridgehead atoms. The third kappa shape index (κ3) is 1.73. The zero-order chi connectivity index (χ0) is 7.56. The van der Waals surface area contributed by atoms with E-state index >= 15 is 0 Å². The Kier molecular flexibility index (Phi) is 3.19. The summed E-state index contributed by atoms with van der Waals surface area (Å²) in [6.07, 6.45) is 2.91. The predicted octanol–water partition coefficient (Wildman–Crippen LogP) is 2.89. The summed E-state index contributed by atoms with van der Waals surface area (Å²) < 4.78 is 2.40. The Labute approximate surface area is 81.3 Å². The van der Waals surface area contributed by atoms with Crippen molar-refractivity contribution in [2.24, 2.45) is 0 Å². The predicted molar refractivity (Wildman–Crippen MR) is 54.2 cm³/mol. The van der Waals surface area contributed by atoms with E-state index < -0.39 is 0 Å². The van der Waals surface area contributed by atoms with Crippen molar-refractivity contribution in [3.05, 3.63) is 14.5 Å². The van der Waals surface area contributed by atoms with Crippen molar-refractivity contribution in [2.75, 3.05) is 6.26 Å². The SMILES string of the molecule is CSc1sc(C=O)cc1I. The van der Waals surface area contributed by atoms with Gasteiger partial charge in [-0.2, -0.15) is 0 Å². The first kappa shape index (κ1) is 8.55. The molecule has 0 aliphatic heterocycles. The van der Waals surface area contributed by atoms with E-state index in [1.165, 1.54) is 7.78 Å². The van der Waals surface area contributed by atoms with Crippen LogP contribution in [0.15, 0.2) is 10.3 Å². The molecule has 1 aromatic heterocycles. The van der Waals surface area contributed by atoms with Gasteiger partial charge in [-0.3, -0.25) is 4.79 Å². The maximum atomic E-state index is 10.3. The number of hydrogen-bond donors (Lipinski definition) is 0. The van der Waals surface area contributed by atoms with Gasteiger partial charge < -0.3 is 0 Å². The van der Waals surface area contributed by atoms with Crippen LogP contribution in [-0.4, -0.2) is 12.5 Å². The lowest BCUT2D eigenvalue weighted by Gasteiger charge is -1.85. The lowest BCUT2D eigenvalue weighted by atomic mass is 10.5. The van der Waals surface area contributed by atoms with Crippen LogP contribution in [0.1, 0.15) is 9.67 Å². The quantitative estimate of drug-likeness (QED) is 0.472. The van der Waals surface area contributed by atoms with Gasteiger partial charge in [0.2, 0.25) is 0 Å². The molecule has 54 valence electrons. The lowest BCUT2D eigenvalue weighted by Crippen LogP contribution is -1.64. The van der Waals surface area contributed by atoms with E-state index in [1.54, 1.807) is 23.1 Å². The third-order valence-electron chi connectivity index (χ3n) is 0.976. The first-order chi connectivity index (χ1) is 4.77. The Hall–Kier alpha value is 0.450. The fraction of sp³-hybridized carbons (Fsp3) is 0.167. The summed E-state index contributed by atoms with van der Waals surface area (Å²) in [4.78, 5) is 11.1. The van der Waals surface area contributed by atoms with Gasteiger partial charge in [-0.25, -0.2) is 0 Å². The molecule has 0 atom stereocenters. The lowest BCUT2D eigenvalue weighted by molar-refractivity contribution is 0.112. The molecule has 1 rings (SSSR count). The van der Waals surface area contributed by atoms with Crippen LogP contribution in [0.25, 0.3) is 0 Å². The Morgan fingerprint density at radius 3 is 2.80 bits per heavy atom. The zero-order valence-corrected chi connectivity index (χ0v) is 9.05. The van der Waals surface area contributed by atoms with Gasteiger partial charge in [-0.15, -0.1) is 23.1 Å². The Morgan fingerprint density at radius 2 is 2.50 bits per heavy atom. The van der Waals surface area contributed by atoms with Crippen LogP contribution in [-0.2, 0) is 0 Å². The van der Waals surface area contributed by atoms with E-state index in [0.29, 0.717) is 0 Å². The molecule has 10 heavy (non-hydrogen) atoms. The van der Waals surface area contributed by atoms with Gasteiger partial charge in [0, 0.05) is 3.57 Å². The first-order valence-electron chi connectivity index (χ1n) is 2.56. The van der Waals surface area contributed by atoms with Crippen molar-refractivity contribution in [2.45, 2.75) is 4.21 Å². The number of aldehydes is 1. The number of carbonyl (C=O) groups excluding carboxylic acids is 1. The second kappa shape index (κ2) is 3.73. The van der Waals surface area contributed by atoms with Gasteiger partial charge in [0.25, 0.3) is 0 Å². The van der Waals surface area contributed by atoms with E-state index in [1.807, 2.05) is 12.3 Å². The highest BCUT2D eigenvalue weighted by Crippen LogP contribution is 2.30. The minimum atomic E-state index is 0.814. The minimum Gasteiger partial charge on any atom is -0.297 e. The summed E-state index contributed by atoms with van der Waals surface area (Å²) >= 11 is 5.47. The van der Waals surface area contributed by atoms with Crippen molar-refractivity contribution >= 4 is 52.0 Å². The van der Waals surface area contributed by atoms with E-state index in [-0.39, 0.29) is 0 Å². The van der Waals surface area contributed by atoms with Gasteiger partial charge in [0.1, 0.15) is 0 Å². The van der Waals surface area contributed by atoms with Crippen LogP contribution in [0.4, 0.5) is 0 Å². The smallest absolute Gasteiger partial charge is 0.160 e. The van der Waals surface area contributed by atoms with Crippen LogP contribution in [0.5, 0.6) is 0 Å². The van der Waals surface area contributed by atoms with Crippen molar-refractivity contribution < 1.29 is 4.79 Å². The van der Waals surface area contributed by atoms with Crippen LogP contribution in [0.3, 0.4) is 0 Å². The van der Waals surface area contributed by atoms with Crippen LogP contribution >= 0.6 is 45.7 Å². The molecule has 1 nitrogen and oxygen atoms in total. The normalized spacial score (nSPS) is 9.80. The van der Waals surface area contributed by atoms with Crippen molar-refractivity contribution in [3.63, 3.8) is 0 Å². The van der Waals surface area contributed by atoms with Crippen LogP contribution in [0.2, 0.25) is 0 Å². The fourth-order valence-electron chi connectivity index (χ4n) is 0.566. The van der Waals surface area contributed by atoms with Gasteiger partial charge in [-0.05, 0) is 34.9 Å². The molecule has 4 heteroatoms. The molecule has 0 fully saturated rings. The maximum Gasteiger partial charge on any atom is 0.160 e. The molecule has 0 aliphatic rings. The summed E-state index contributed by atoms with van der Waals surface area (Å²) in [5.41, 5.74) is 0. The van der Waals surface area contributed by atoms with Gasteiger partial charge >= 0.3 is 0 Å². The standard InChI is InChI=1S/C6H5IOS2/c1-9-6-5(7)2-4(3-8)10-6/h2-3H,1H3. The molecule has 0 aromatic carbocycles. The molecular weight excluding hydrogens is 279 g/mol. The second-order valence-corrected chi connectivity index (χ2v) is 4.93. The fourth-order valence-corrected chi connectivity index (χ4v) is 3.58. The van der Waals surface area contributed by atoms with Crippen LogP contribution in [0, 0.1) is 3.57 Å². The van der Waals surface area contributed by atoms with E-state index in [9.17, 15) is 4.79 Å². The summed E-state index contributed by atoms with van der Waals surface area (Å²) in [6.45, 7) is 0. The molecular formula is C6H5IOS2. The van der Waals surface area contributed by atoms with Crippen LogP contribution < -0.4 is 0 Å². The number of halogens is 1. The molecule has 0 N–H and O–H groups in total. The van der Waals surface area contributed by atoms with Gasteiger partial charge in [0.15, 0.2) is 6.29 Å². The summed E-state index contributed by atoms with van der Waals surface area (Å²) in [6, 6.07) is 1.91. The molecule has 1 heterocycles. The summed E-state index contributed by atoms with van der Waals surface area (Å²) in [5, 5.41) is 0.